The topological polar surface area (TPSA) is 84.9 Å². The van der Waals surface area contributed by atoms with Crippen LogP contribution in [0.3, 0.4) is 0 Å². The standard InChI is InChI=1S/C16H12F3N3OS.CO2/c17-16(18,19)23-14-7-5-13(6-8-14)12-3-1-11(2-4-12)10-24-15-9-20-22-21-15;2-1-3/h1-9H,10H2,(H,20,21,22);. The lowest BCUT2D eigenvalue weighted by atomic mass is 10.0. The van der Waals surface area contributed by atoms with Gasteiger partial charge in [0.15, 0.2) is 0 Å². The third-order valence-electron chi connectivity index (χ3n) is 3.15. The molecule has 6 nitrogen and oxygen atoms in total. The van der Waals surface area contributed by atoms with Crippen LogP contribution in [0.25, 0.3) is 11.1 Å². The molecule has 0 radical (unpaired) electrons. The fourth-order valence-electron chi connectivity index (χ4n) is 2.06. The highest BCUT2D eigenvalue weighted by atomic mass is 32.2. The Kier molecular flexibility index (Phi) is 7.16. The van der Waals surface area contributed by atoms with Gasteiger partial charge in [-0.15, -0.1) is 18.3 Å². The summed E-state index contributed by atoms with van der Waals surface area (Å²) in [5.41, 5.74) is 2.85. The van der Waals surface area contributed by atoms with Crippen molar-refractivity contribution in [1.82, 2.24) is 15.4 Å². The molecule has 27 heavy (non-hydrogen) atoms. The van der Waals surface area contributed by atoms with E-state index in [0.29, 0.717) is 0 Å². The summed E-state index contributed by atoms with van der Waals surface area (Å²) in [5.74, 6) is 0.525. The van der Waals surface area contributed by atoms with Gasteiger partial charge < -0.3 is 4.74 Å². The number of halogens is 3. The minimum Gasteiger partial charge on any atom is -0.406 e. The van der Waals surface area contributed by atoms with E-state index in [9.17, 15) is 13.2 Å². The molecule has 1 heterocycles. The Balaban J connectivity index is 0.000000817. The number of aromatic amines is 1. The maximum Gasteiger partial charge on any atom is 0.573 e. The SMILES string of the molecule is FC(F)(F)Oc1ccc(-c2ccc(CSc3cn[nH]n3)cc2)cc1.O=C=O. The number of benzene rings is 2. The summed E-state index contributed by atoms with van der Waals surface area (Å²) in [6.45, 7) is 0. The molecule has 0 aliphatic carbocycles. The van der Waals surface area contributed by atoms with Gasteiger partial charge in [0.2, 0.25) is 0 Å². The molecule has 0 atom stereocenters. The van der Waals surface area contributed by atoms with Gasteiger partial charge in [0, 0.05) is 5.75 Å². The summed E-state index contributed by atoms with van der Waals surface area (Å²) in [5, 5.41) is 11.1. The van der Waals surface area contributed by atoms with Gasteiger partial charge in [-0.2, -0.15) is 19.9 Å². The van der Waals surface area contributed by atoms with Crippen LogP contribution < -0.4 is 4.74 Å². The van der Waals surface area contributed by atoms with Crippen molar-refractivity contribution in [3.05, 3.63) is 60.3 Å². The molecule has 10 heteroatoms. The van der Waals surface area contributed by atoms with Gasteiger partial charge in [0.1, 0.15) is 10.8 Å². The Bertz CT molecular complexity index is 861. The second-order valence-electron chi connectivity index (χ2n) is 4.95. The predicted octanol–water partition coefficient (Wildman–Crippen LogP) is 4.08. The molecule has 1 aromatic heterocycles. The molecule has 0 spiro atoms. The molecule has 0 aliphatic rings. The van der Waals surface area contributed by atoms with Gasteiger partial charge in [0.05, 0.1) is 6.20 Å². The van der Waals surface area contributed by atoms with Crippen LogP contribution in [0.2, 0.25) is 0 Å². The molecule has 0 fully saturated rings. The number of nitrogens with zero attached hydrogens (tertiary/aromatic N) is 2. The summed E-state index contributed by atoms with van der Waals surface area (Å²) in [4.78, 5) is 16.2. The van der Waals surface area contributed by atoms with Crippen LogP contribution in [0.5, 0.6) is 5.75 Å². The first-order chi connectivity index (χ1) is 12.9. The highest BCUT2D eigenvalue weighted by Crippen LogP contribution is 2.27. The third-order valence-corrected chi connectivity index (χ3v) is 4.12. The summed E-state index contributed by atoms with van der Waals surface area (Å²) >= 11 is 1.56. The van der Waals surface area contributed by atoms with Gasteiger partial charge in [-0.25, -0.2) is 0 Å². The van der Waals surface area contributed by atoms with E-state index in [2.05, 4.69) is 20.1 Å². The van der Waals surface area contributed by atoms with Gasteiger partial charge in [-0.05, 0) is 28.8 Å². The molecule has 2 aromatic carbocycles. The Labute approximate surface area is 155 Å². The normalized spacial score (nSPS) is 10.5. The Morgan fingerprint density at radius 3 is 2.04 bits per heavy atom. The van der Waals surface area contributed by atoms with E-state index in [-0.39, 0.29) is 11.9 Å². The smallest absolute Gasteiger partial charge is 0.406 e. The third kappa shape index (κ3) is 6.96. The maximum atomic E-state index is 12.1. The minimum absolute atomic E-state index is 0.230. The van der Waals surface area contributed by atoms with Gasteiger partial charge in [-0.1, -0.05) is 48.2 Å². The first-order valence-electron chi connectivity index (χ1n) is 7.34. The molecule has 1 N–H and O–H groups in total. The van der Waals surface area contributed by atoms with Crippen molar-refractivity contribution in [2.24, 2.45) is 0 Å². The van der Waals surface area contributed by atoms with Crippen molar-refractivity contribution < 1.29 is 27.5 Å². The van der Waals surface area contributed by atoms with Crippen molar-refractivity contribution in [3.63, 3.8) is 0 Å². The molecule has 0 saturated heterocycles. The van der Waals surface area contributed by atoms with Gasteiger partial charge in [-0.3, -0.25) is 0 Å². The Morgan fingerprint density at radius 1 is 1.00 bits per heavy atom. The molecule has 0 aliphatic heterocycles. The molecule has 0 saturated carbocycles. The number of carbonyl (C=O) groups excluding carboxylic acids is 2. The number of nitrogens with one attached hydrogen (secondary N) is 1. The van der Waals surface area contributed by atoms with E-state index in [4.69, 9.17) is 9.59 Å². The number of hydrogen-bond donors (Lipinski definition) is 1. The molecule has 3 aromatic rings. The maximum absolute atomic E-state index is 12.1. The largest absolute Gasteiger partial charge is 0.573 e. The Morgan fingerprint density at radius 2 is 1.56 bits per heavy atom. The molecule has 3 rings (SSSR count). The fraction of sp³-hybridized carbons (Fsp3) is 0.118. The molecule has 0 unspecified atom stereocenters. The number of aromatic nitrogens is 3. The molecule has 0 amide bonds. The quantitative estimate of drug-likeness (QED) is 0.656. The number of thioether (sulfide) groups is 1. The lowest BCUT2D eigenvalue weighted by Crippen LogP contribution is -2.16. The van der Waals surface area contributed by atoms with E-state index >= 15 is 0 Å². The van der Waals surface area contributed by atoms with E-state index < -0.39 is 6.36 Å². The van der Waals surface area contributed by atoms with Crippen molar-refractivity contribution >= 4 is 17.9 Å². The average molecular weight is 395 g/mol. The number of H-pyrrole nitrogens is 1. The van der Waals surface area contributed by atoms with Crippen LogP contribution in [-0.2, 0) is 15.3 Å². The zero-order valence-electron chi connectivity index (χ0n) is 13.6. The predicted molar refractivity (Wildman–Crippen MR) is 89.5 cm³/mol. The second-order valence-corrected chi connectivity index (χ2v) is 5.94. The van der Waals surface area contributed by atoms with Crippen LogP contribution in [0.15, 0.2) is 59.8 Å². The number of rotatable bonds is 5. The summed E-state index contributed by atoms with van der Waals surface area (Å²) in [6, 6.07) is 13.6. The van der Waals surface area contributed by atoms with E-state index in [1.807, 2.05) is 24.3 Å². The fourth-order valence-corrected chi connectivity index (χ4v) is 2.80. The molecule has 140 valence electrons. The summed E-state index contributed by atoms with van der Waals surface area (Å²) in [6.07, 6.45) is -2.77. The van der Waals surface area contributed by atoms with Crippen LogP contribution >= 0.6 is 11.8 Å². The molecular weight excluding hydrogens is 383 g/mol. The van der Waals surface area contributed by atoms with Crippen LogP contribution in [0.1, 0.15) is 5.56 Å². The van der Waals surface area contributed by atoms with Crippen molar-refractivity contribution in [3.8, 4) is 16.9 Å². The first-order valence-corrected chi connectivity index (χ1v) is 8.33. The monoisotopic (exact) mass is 395 g/mol. The van der Waals surface area contributed by atoms with Crippen LogP contribution in [-0.4, -0.2) is 27.9 Å². The Hall–Kier alpha value is -3.10. The lowest BCUT2D eigenvalue weighted by molar-refractivity contribution is -0.274. The minimum atomic E-state index is -4.68. The van der Waals surface area contributed by atoms with Crippen LogP contribution in [0.4, 0.5) is 13.2 Å². The second kappa shape index (κ2) is 9.56. The summed E-state index contributed by atoms with van der Waals surface area (Å²) < 4.78 is 40.3. The average Bonchev–Trinajstić information content (AvgIpc) is 3.14. The van der Waals surface area contributed by atoms with Crippen molar-refractivity contribution in [2.45, 2.75) is 17.1 Å². The lowest BCUT2D eigenvalue weighted by Gasteiger charge is -2.09. The number of hydrogen-bond acceptors (Lipinski definition) is 6. The van der Waals surface area contributed by atoms with Crippen molar-refractivity contribution in [2.75, 3.05) is 0 Å². The molecular formula is C17H12F3N3O3S. The highest BCUT2D eigenvalue weighted by Gasteiger charge is 2.30. The zero-order chi connectivity index (χ0) is 19.7. The number of ether oxygens (including phenoxy) is 1. The van der Waals surface area contributed by atoms with Crippen molar-refractivity contribution in [1.29, 1.82) is 0 Å². The first kappa shape index (κ1) is 20.2. The van der Waals surface area contributed by atoms with Gasteiger partial charge in [0.25, 0.3) is 0 Å². The zero-order valence-corrected chi connectivity index (χ0v) is 14.4. The van der Waals surface area contributed by atoms with E-state index in [1.165, 1.54) is 12.1 Å². The number of alkyl halides is 3. The van der Waals surface area contributed by atoms with E-state index in [1.54, 1.807) is 30.1 Å². The molecule has 0 bridgehead atoms. The van der Waals surface area contributed by atoms with E-state index in [0.717, 1.165) is 27.5 Å². The van der Waals surface area contributed by atoms with Crippen LogP contribution in [0, 0.1) is 0 Å². The highest BCUT2D eigenvalue weighted by molar-refractivity contribution is 7.98. The summed E-state index contributed by atoms with van der Waals surface area (Å²) in [7, 11) is 0. The van der Waals surface area contributed by atoms with Gasteiger partial charge >= 0.3 is 12.5 Å².